The molecular weight excluding hydrogens is 452 g/mol. The molecule has 0 saturated carbocycles. The Hall–Kier alpha value is -4.30. The number of carbonyl (C=O) groups excluding carboxylic acids is 2. The average molecular weight is 473 g/mol. The summed E-state index contributed by atoms with van der Waals surface area (Å²) in [5, 5.41) is 14.1. The Labute approximate surface area is 199 Å². The number of rotatable bonds is 8. The van der Waals surface area contributed by atoms with E-state index in [1.54, 1.807) is 42.5 Å². The third kappa shape index (κ3) is 5.73. The second-order valence-electron chi connectivity index (χ2n) is 7.24. The van der Waals surface area contributed by atoms with Crippen LogP contribution in [-0.2, 0) is 4.79 Å². The molecule has 8 heteroatoms. The van der Waals surface area contributed by atoms with Gasteiger partial charge in [-0.2, -0.15) is 0 Å². The summed E-state index contributed by atoms with van der Waals surface area (Å²) in [5.74, 6) is -1.46. The number of hydrogen-bond acceptors (Lipinski definition) is 5. The summed E-state index contributed by atoms with van der Waals surface area (Å²) in [5.41, 5.74) is 2.01. The minimum absolute atomic E-state index is 0.139. The van der Waals surface area contributed by atoms with Gasteiger partial charge in [-0.1, -0.05) is 36.4 Å². The molecule has 0 aliphatic carbocycles. The van der Waals surface area contributed by atoms with Crippen LogP contribution in [0.25, 0.3) is 0 Å². The smallest absolute Gasteiger partial charge is 0.335 e. The first-order valence-electron chi connectivity index (χ1n) is 10.3. The van der Waals surface area contributed by atoms with Gasteiger partial charge < -0.3 is 20.2 Å². The molecule has 0 aliphatic rings. The number of carboxylic acids is 1. The highest BCUT2D eigenvalue weighted by molar-refractivity contribution is 8.00. The maximum Gasteiger partial charge on any atom is 0.335 e. The molecule has 3 N–H and O–H groups in total. The van der Waals surface area contributed by atoms with E-state index in [2.05, 4.69) is 10.6 Å². The molecule has 7 nitrogen and oxygen atoms in total. The van der Waals surface area contributed by atoms with E-state index >= 15 is 0 Å². The maximum atomic E-state index is 13.2. The third-order valence-corrected chi connectivity index (χ3v) is 6.08. The van der Waals surface area contributed by atoms with Crippen molar-refractivity contribution in [2.24, 2.45) is 0 Å². The van der Waals surface area contributed by atoms with Crippen LogP contribution in [0.15, 0.2) is 107 Å². The summed E-state index contributed by atoms with van der Waals surface area (Å²) in [6, 6.07) is 25.7. The van der Waals surface area contributed by atoms with Gasteiger partial charge in [-0.05, 0) is 60.2 Å². The Morgan fingerprint density at radius 2 is 1.56 bits per heavy atom. The minimum atomic E-state index is -1.03. The molecule has 0 bridgehead atoms. The van der Waals surface area contributed by atoms with E-state index in [1.165, 1.54) is 30.2 Å². The number of aromatic carboxylic acids is 1. The van der Waals surface area contributed by atoms with Gasteiger partial charge >= 0.3 is 5.97 Å². The fourth-order valence-electron chi connectivity index (χ4n) is 3.19. The maximum absolute atomic E-state index is 13.2. The summed E-state index contributed by atoms with van der Waals surface area (Å²) in [6.07, 6.45) is 1.43. The molecule has 170 valence electrons. The monoisotopic (exact) mass is 472 g/mol. The van der Waals surface area contributed by atoms with Gasteiger partial charge in [0.2, 0.25) is 5.91 Å². The summed E-state index contributed by atoms with van der Waals surface area (Å²) < 4.78 is 5.13. The molecule has 1 heterocycles. The van der Waals surface area contributed by atoms with Gasteiger partial charge in [0.05, 0.1) is 11.8 Å². The number of thioether (sulfide) groups is 1. The topological polar surface area (TPSA) is 109 Å². The minimum Gasteiger partial charge on any atom is -0.478 e. The van der Waals surface area contributed by atoms with Crippen LogP contribution in [0.4, 0.5) is 11.4 Å². The quantitative estimate of drug-likeness (QED) is 0.284. The molecule has 2 amide bonds. The number of amides is 2. The normalized spacial score (nSPS) is 11.4. The van der Waals surface area contributed by atoms with Crippen LogP contribution in [-0.4, -0.2) is 22.9 Å². The van der Waals surface area contributed by atoms with Gasteiger partial charge in [0, 0.05) is 16.3 Å². The van der Waals surface area contributed by atoms with Crippen molar-refractivity contribution in [2.75, 3.05) is 10.6 Å². The number of benzene rings is 3. The van der Waals surface area contributed by atoms with Gasteiger partial charge in [0.25, 0.3) is 5.91 Å². The van der Waals surface area contributed by atoms with Crippen LogP contribution < -0.4 is 10.6 Å². The molecule has 0 spiro atoms. The van der Waals surface area contributed by atoms with Gasteiger partial charge in [-0.15, -0.1) is 11.8 Å². The summed E-state index contributed by atoms with van der Waals surface area (Å²) >= 11 is 1.34. The fraction of sp³-hybridized carbons (Fsp3) is 0.0385. The second kappa shape index (κ2) is 10.5. The standard InChI is InChI=1S/C26H20N2O5S/c29-24(22-10-5-15-33-22)28-20-8-4-9-21(16-20)34-23(17-6-2-1-3-7-17)25(30)27-19-13-11-18(12-14-19)26(31)32/h1-16,23H,(H,27,30)(H,28,29)(H,31,32). The molecule has 1 aromatic heterocycles. The zero-order valence-corrected chi connectivity index (χ0v) is 18.6. The van der Waals surface area contributed by atoms with E-state index in [9.17, 15) is 14.4 Å². The van der Waals surface area contributed by atoms with Crippen molar-refractivity contribution >= 4 is 40.9 Å². The third-order valence-electron chi connectivity index (χ3n) is 4.83. The number of nitrogens with one attached hydrogen (secondary N) is 2. The fourth-order valence-corrected chi connectivity index (χ4v) is 4.27. The van der Waals surface area contributed by atoms with Crippen LogP contribution in [0, 0.1) is 0 Å². The molecule has 0 saturated heterocycles. The van der Waals surface area contributed by atoms with Crippen molar-refractivity contribution in [1.82, 2.24) is 0 Å². The highest BCUT2D eigenvalue weighted by atomic mass is 32.2. The Balaban J connectivity index is 1.53. The largest absolute Gasteiger partial charge is 0.478 e. The predicted octanol–water partition coefficient (Wildman–Crippen LogP) is 5.70. The molecule has 0 aliphatic heterocycles. The molecular formula is C26H20N2O5S. The van der Waals surface area contributed by atoms with E-state index in [-0.39, 0.29) is 23.1 Å². The number of anilines is 2. The van der Waals surface area contributed by atoms with Crippen LogP contribution >= 0.6 is 11.8 Å². The molecule has 0 fully saturated rings. The highest BCUT2D eigenvalue weighted by Gasteiger charge is 2.22. The number of hydrogen-bond donors (Lipinski definition) is 3. The van der Waals surface area contributed by atoms with Crippen molar-refractivity contribution in [3.8, 4) is 0 Å². The summed E-state index contributed by atoms with van der Waals surface area (Å²) in [7, 11) is 0. The van der Waals surface area contributed by atoms with E-state index in [1.807, 2.05) is 36.4 Å². The second-order valence-corrected chi connectivity index (χ2v) is 8.42. The van der Waals surface area contributed by atoms with Crippen molar-refractivity contribution < 1.29 is 23.9 Å². The zero-order chi connectivity index (χ0) is 23.9. The van der Waals surface area contributed by atoms with E-state index < -0.39 is 11.2 Å². The Morgan fingerprint density at radius 1 is 0.794 bits per heavy atom. The van der Waals surface area contributed by atoms with Crippen LogP contribution in [0.2, 0.25) is 0 Å². The first-order valence-corrected chi connectivity index (χ1v) is 11.2. The SMILES string of the molecule is O=C(O)c1ccc(NC(=O)C(Sc2cccc(NC(=O)c3ccco3)c2)c2ccccc2)cc1. The molecule has 3 aromatic carbocycles. The van der Waals surface area contributed by atoms with Gasteiger partial charge in [-0.3, -0.25) is 9.59 Å². The lowest BCUT2D eigenvalue weighted by molar-refractivity contribution is -0.115. The van der Waals surface area contributed by atoms with Crippen molar-refractivity contribution in [3.63, 3.8) is 0 Å². The Morgan fingerprint density at radius 3 is 2.24 bits per heavy atom. The summed E-state index contributed by atoms with van der Waals surface area (Å²) in [4.78, 5) is 37.4. The number of furan rings is 1. The van der Waals surface area contributed by atoms with Crippen molar-refractivity contribution in [1.29, 1.82) is 0 Å². The Kier molecular flexibility index (Phi) is 7.10. The lowest BCUT2D eigenvalue weighted by Gasteiger charge is -2.18. The van der Waals surface area contributed by atoms with E-state index in [0.717, 1.165) is 10.5 Å². The van der Waals surface area contributed by atoms with E-state index in [4.69, 9.17) is 9.52 Å². The van der Waals surface area contributed by atoms with Gasteiger partial charge in [0.1, 0.15) is 5.25 Å². The van der Waals surface area contributed by atoms with Gasteiger partial charge in [-0.25, -0.2) is 4.79 Å². The zero-order valence-electron chi connectivity index (χ0n) is 17.8. The van der Waals surface area contributed by atoms with Crippen LogP contribution in [0.1, 0.15) is 31.7 Å². The predicted molar refractivity (Wildman–Crippen MR) is 130 cm³/mol. The first kappa shape index (κ1) is 22.9. The van der Waals surface area contributed by atoms with Gasteiger partial charge in [0.15, 0.2) is 5.76 Å². The molecule has 1 atom stereocenters. The average Bonchev–Trinajstić information content (AvgIpc) is 3.39. The first-order chi connectivity index (χ1) is 16.5. The van der Waals surface area contributed by atoms with Crippen LogP contribution in [0.5, 0.6) is 0 Å². The van der Waals surface area contributed by atoms with Crippen LogP contribution in [0.3, 0.4) is 0 Å². The summed E-state index contributed by atoms with van der Waals surface area (Å²) in [6.45, 7) is 0. The van der Waals surface area contributed by atoms with Crippen molar-refractivity contribution in [2.45, 2.75) is 10.1 Å². The molecule has 4 rings (SSSR count). The molecule has 4 aromatic rings. The van der Waals surface area contributed by atoms with E-state index in [0.29, 0.717) is 11.4 Å². The lowest BCUT2D eigenvalue weighted by Crippen LogP contribution is -2.19. The molecule has 0 radical (unpaired) electrons. The molecule has 1 unspecified atom stereocenters. The van der Waals surface area contributed by atoms with Crippen molar-refractivity contribution in [3.05, 3.63) is 114 Å². The highest BCUT2D eigenvalue weighted by Crippen LogP contribution is 2.37. The molecule has 34 heavy (non-hydrogen) atoms. The number of carboxylic acid groups (broad SMARTS) is 1. The lowest BCUT2D eigenvalue weighted by atomic mass is 10.1. The Bertz CT molecular complexity index is 1290. The number of carbonyl (C=O) groups is 3.